The Hall–Kier alpha value is -2.69. The molecular weight excluding hydrogens is 238 g/mol. The predicted molar refractivity (Wildman–Crippen MR) is 72.8 cm³/mol. The largest absolute Gasteiger partial charge is 0.336 e. The van der Waals surface area contributed by atoms with E-state index >= 15 is 0 Å². The van der Waals surface area contributed by atoms with Crippen molar-refractivity contribution >= 4 is 16.7 Å². The van der Waals surface area contributed by atoms with Gasteiger partial charge < -0.3 is 4.98 Å². The molecule has 0 aliphatic heterocycles. The molecule has 4 aromatic rings. The van der Waals surface area contributed by atoms with Gasteiger partial charge in [-0.3, -0.25) is 0 Å². The van der Waals surface area contributed by atoms with Gasteiger partial charge in [-0.2, -0.15) is 5.10 Å². The minimum Gasteiger partial charge on any atom is -0.336 e. The average Bonchev–Trinajstić information content (AvgIpc) is 3.02. The summed E-state index contributed by atoms with van der Waals surface area (Å²) in [6, 6.07) is 7.94. The number of imidazole rings is 1. The van der Waals surface area contributed by atoms with E-state index in [2.05, 4.69) is 20.1 Å². The van der Waals surface area contributed by atoms with Crippen LogP contribution in [0.3, 0.4) is 0 Å². The molecule has 0 fully saturated rings. The molecule has 0 aliphatic rings. The highest BCUT2D eigenvalue weighted by atomic mass is 15.2. The fourth-order valence-electron chi connectivity index (χ4n) is 2.28. The summed E-state index contributed by atoms with van der Waals surface area (Å²) in [4.78, 5) is 12.2. The van der Waals surface area contributed by atoms with Crippen molar-refractivity contribution < 1.29 is 0 Å². The van der Waals surface area contributed by atoms with Gasteiger partial charge >= 0.3 is 0 Å². The van der Waals surface area contributed by atoms with E-state index < -0.39 is 0 Å². The van der Waals surface area contributed by atoms with Gasteiger partial charge in [-0.25, -0.2) is 14.5 Å². The minimum atomic E-state index is 0.741. The Morgan fingerprint density at radius 3 is 3.05 bits per heavy atom. The first-order valence-electron chi connectivity index (χ1n) is 6.07. The summed E-state index contributed by atoms with van der Waals surface area (Å²) < 4.78 is 1.84. The van der Waals surface area contributed by atoms with Crippen molar-refractivity contribution in [2.45, 2.75) is 6.92 Å². The molecule has 0 amide bonds. The Labute approximate surface area is 108 Å². The highest BCUT2D eigenvalue weighted by Gasteiger charge is 2.12. The Morgan fingerprint density at radius 2 is 2.16 bits per heavy atom. The zero-order valence-corrected chi connectivity index (χ0v) is 10.3. The van der Waals surface area contributed by atoms with Crippen molar-refractivity contribution in [1.29, 1.82) is 0 Å². The van der Waals surface area contributed by atoms with E-state index in [1.807, 2.05) is 48.1 Å². The molecule has 0 unspecified atom stereocenters. The fraction of sp³-hybridized carbons (Fsp3) is 0.0714. The van der Waals surface area contributed by atoms with E-state index in [4.69, 9.17) is 0 Å². The quantitative estimate of drug-likeness (QED) is 0.564. The third-order valence-corrected chi connectivity index (χ3v) is 3.28. The van der Waals surface area contributed by atoms with Crippen LogP contribution in [0.1, 0.15) is 5.56 Å². The Balaban J connectivity index is 2.02. The van der Waals surface area contributed by atoms with Gasteiger partial charge in [0.05, 0.1) is 22.8 Å². The first kappa shape index (κ1) is 10.3. The molecule has 0 bridgehead atoms. The summed E-state index contributed by atoms with van der Waals surface area (Å²) in [6.45, 7) is 2.04. The molecule has 1 N–H and O–H groups in total. The summed E-state index contributed by atoms with van der Waals surface area (Å²) in [6.07, 6.45) is 5.52. The molecule has 0 radical (unpaired) electrons. The number of nitrogens with zero attached hydrogens (tertiary/aromatic N) is 4. The highest BCUT2D eigenvalue weighted by molar-refractivity contribution is 5.83. The first-order chi connectivity index (χ1) is 9.33. The number of aryl methyl sites for hydroxylation is 1. The predicted octanol–water partition coefficient (Wildman–Crippen LogP) is 2.58. The molecule has 4 aromatic heterocycles. The average molecular weight is 249 g/mol. The lowest BCUT2D eigenvalue weighted by molar-refractivity contribution is 0.961. The second-order valence-corrected chi connectivity index (χ2v) is 4.50. The van der Waals surface area contributed by atoms with Gasteiger partial charge in [-0.1, -0.05) is 6.07 Å². The Bertz CT molecular complexity index is 887. The normalized spacial score (nSPS) is 11.4. The second kappa shape index (κ2) is 3.65. The summed E-state index contributed by atoms with van der Waals surface area (Å²) in [5.41, 5.74) is 4.87. The SMILES string of the molecule is Cc1ccnc2nc(-c3cnn4ccccc34)[nH]c12. The van der Waals surface area contributed by atoms with E-state index in [0.717, 1.165) is 33.6 Å². The van der Waals surface area contributed by atoms with Crippen molar-refractivity contribution in [3.63, 3.8) is 0 Å². The van der Waals surface area contributed by atoms with Crippen molar-refractivity contribution in [1.82, 2.24) is 24.6 Å². The van der Waals surface area contributed by atoms with Crippen LogP contribution < -0.4 is 0 Å². The molecule has 4 rings (SSSR count). The Kier molecular flexibility index (Phi) is 1.97. The van der Waals surface area contributed by atoms with Crippen LogP contribution in [-0.2, 0) is 0 Å². The van der Waals surface area contributed by atoms with Crippen LogP contribution in [-0.4, -0.2) is 24.6 Å². The van der Waals surface area contributed by atoms with Gasteiger partial charge in [-0.15, -0.1) is 0 Å². The fourth-order valence-corrected chi connectivity index (χ4v) is 2.28. The molecule has 0 saturated heterocycles. The minimum absolute atomic E-state index is 0.741. The number of rotatable bonds is 1. The lowest BCUT2D eigenvalue weighted by Crippen LogP contribution is -1.84. The number of hydrogen-bond donors (Lipinski definition) is 1. The number of pyridine rings is 2. The third-order valence-electron chi connectivity index (χ3n) is 3.28. The van der Waals surface area contributed by atoms with Crippen LogP contribution >= 0.6 is 0 Å². The third kappa shape index (κ3) is 1.45. The van der Waals surface area contributed by atoms with Gasteiger partial charge in [0.25, 0.3) is 0 Å². The van der Waals surface area contributed by atoms with Gasteiger partial charge in [0.2, 0.25) is 0 Å². The maximum absolute atomic E-state index is 4.55. The van der Waals surface area contributed by atoms with Crippen molar-refractivity contribution in [3.05, 3.63) is 48.4 Å². The van der Waals surface area contributed by atoms with Gasteiger partial charge in [0.15, 0.2) is 5.65 Å². The van der Waals surface area contributed by atoms with E-state index in [-0.39, 0.29) is 0 Å². The topological polar surface area (TPSA) is 58.9 Å². The molecule has 19 heavy (non-hydrogen) atoms. The molecular formula is C14H11N5. The van der Waals surface area contributed by atoms with Crippen LogP contribution in [0.25, 0.3) is 28.1 Å². The molecule has 5 nitrogen and oxygen atoms in total. The van der Waals surface area contributed by atoms with Crippen LogP contribution in [0.15, 0.2) is 42.9 Å². The van der Waals surface area contributed by atoms with Crippen LogP contribution in [0.5, 0.6) is 0 Å². The number of fused-ring (bicyclic) bond motifs is 2. The molecule has 4 heterocycles. The maximum atomic E-state index is 4.55. The molecule has 5 heteroatoms. The monoisotopic (exact) mass is 249 g/mol. The van der Waals surface area contributed by atoms with E-state index in [9.17, 15) is 0 Å². The second-order valence-electron chi connectivity index (χ2n) is 4.50. The number of H-pyrrole nitrogens is 1. The smallest absolute Gasteiger partial charge is 0.178 e. The van der Waals surface area contributed by atoms with E-state index in [1.165, 1.54) is 0 Å². The summed E-state index contributed by atoms with van der Waals surface area (Å²) in [5, 5.41) is 4.32. The van der Waals surface area contributed by atoms with Crippen molar-refractivity contribution in [2.24, 2.45) is 0 Å². The molecule has 0 aliphatic carbocycles. The lowest BCUT2D eigenvalue weighted by Gasteiger charge is -1.94. The lowest BCUT2D eigenvalue weighted by atomic mass is 10.2. The highest BCUT2D eigenvalue weighted by Crippen LogP contribution is 2.24. The molecule has 0 saturated carbocycles. The number of aromatic nitrogens is 5. The zero-order chi connectivity index (χ0) is 12.8. The molecule has 92 valence electrons. The van der Waals surface area contributed by atoms with Crippen molar-refractivity contribution in [3.8, 4) is 11.4 Å². The first-order valence-corrected chi connectivity index (χ1v) is 6.07. The zero-order valence-electron chi connectivity index (χ0n) is 10.3. The number of hydrogen-bond acceptors (Lipinski definition) is 3. The number of nitrogens with one attached hydrogen (secondary N) is 1. The standard InChI is InChI=1S/C14H11N5/c1-9-5-6-15-14-12(9)17-13(18-14)10-8-16-19-7-3-2-4-11(10)19/h2-8H,1H3,(H,15,17,18). The number of aromatic amines is 1. The summed E-state index contributed by atoms with van der Waals surface area (Å²) in [5.74, 6) is 0.804. The summed E-state index contributed by atoms with van der Waals surface area (Å²) in [7, 11) is 0. The van der Waals surface area contributed by atoms with E-state index in [1.54, 1.807) is 6.20 Å². The van der Waals surface area contributed by atoms with Crippen LogP contribution in [0.2, 0.25) is 0 Å². The van der Waals surface area contributed by atoms with Crippen molar-refractivity contribution in [2.75, 3.05) is 0 Å². The Morgan fingerprint density at radius 1 is 1.21 bits per heavy atom. The van der Waals surface area contributed by atoms with Crippen LogP contribution in [0, 0.1) is 6.92 Å². The van der Waals surface area contributed by atoms with Gasteiger partial charge in [-0.05, 0) is 30.7 Å². The molecule has 0 spiro atoms. The maximum Gasteiger partial charge on any atom is 0.178 e. The van der Waals surface area contributed by atoms with Gasteiger partial charge in [0, 0.05) is 12.4 Å². The molecule has 0 aromatic carbocycles. The molecule has 0 atom stereocenters. The van der Waals surface area contributed by atoms with Gasteiger partial charge in [0.1, 0.15) is 5.82 Å². The summed E-state index contributed by atoms with van der Waals surface area (Å²) >= 11 is 0. The van der Waals surface area contributed by atoms with E-state index in [0.29, 0.717) is 0 Å². The van der Waals surface area contributed by atoms with Crippen LogP contribution in [0.4, 0.5) is 0 Å².